The van der Waals surface area contributed by atoms with Gasteiger partial charge in [-0.2, -0.15) is 0 Å². The molecule has 2 rings (SSSR count). The molecule has 1 aromatic carbocycles. The largest absolute Gasteiger partial charge is 0.493 e. The summed E-state index contributed by atoms with van der Waals surface area (Å²) in [6.45, 7) is 2.10. The van der Waals surface area contributed by atoms with Crippen LogP contribution in [0.3, 0.4) is 0 Å². The van der Waals surface area contributed by atoms with Crippen molar-refractivity contribution < 1.29 is 9.47 Å². The SMILES string of the molecule is COc1ccc(C2NCCCN2)cc1OC. The number of methoxy groups -OCH3 is 2. The van der Waals surface area contributed by atoms with Crippen molar-refractivity contribution in [3.8, 4) is 11.5 Å². The molecule has 1 heterocycles. The van der Waals surface area contributed by atoms with Gasteiger partial charge in [-0.3, -0.25) is 10.6 Å². The van der Waals surface area contributed by atoms with Gasteiger partial charge in [-0.15, -0.1) is 0 Å². The lowest BCUT2D eigenvalue weighted by Crippen LogP contribution is -2.41. The Hall–Kier alpha value is -1.26. The van der Waals surface area contributed by atoms with Crippen molar-refractivity contribution >= 4 is 0 Å². The zero-order valence-electron chi connectivity index (χ0n) is 9.75. The maximum Gasteiger partial charge on any atom is 0.161 e. The van der Waals surface area contributed by atoms with Crippen LogP contribution in [0.4, 0.5) is 0 Å². The molecule has 0 radical (unpaired) electrons. The first kappa shape index (κ1) is 11.2. The molecule has 1 aliphatic rings. The quantitative estimate of drug-likeness (QED) is 0.808. The van der Waals surface area contributed by atoms with E-state index in [1.165, 1.54) is 12.0 Å². The predicted molar refractivity (Wildman–Crippen MR) is 62.9 cm³/mol. The van der Waals surface area contributed by atoms with Crippen LogP contribution in [0.1, 0.15) is 18.2 Å². The Bertz CT molecular complexity index is 349. The molecule has 4 nitrogen and oxygen atoms in total. The van der Waals surface area contributed by atoms with Gasteiger partial charge in [0.2, 0.25) is 0 Å². The Morgan fingerprint density at radius 2 is 1.75 bits per heavy atom. The molecule has 2 N–H and O–H groups in total. The van der Waals surface area contributed by atoms with Gasteiger partial charge >= 0.3 is 0 Å². The van der Waals surface area contributed by atoms with Gasteiger partial charge in [0, 0.05) is 0 Å². The molecule has 4 heteroatoms. The van der Waals surface area contributed by atoms with E-state index in [2.05, 4.69) is 16.7 Å². The zero-order valence-corrected chi connectivity index (χ0v) is 9.75. The molecular weight excluding hydrogens is 204 g/mol. The smallest absolute Gasteiger partial charge is 0.161 e. The number of ether oxygens (including phenoxy) is 2. The van der Waals surface area contributed by atoms with E-state index in [1.807, 2.05) is 12.1 Å². The van der Waals surface area contributed by atoms with Gasteiger partial charge in [0.25, 0.3) is 0 Å². The number of hydrogen-bond donors (Lipinski definition) is 2. The summed E-state index contributed by atoms with van der Waals surface area (Å²) in [4.78, 5) is 0. The first-order valence-corrected chi connectivity index (χ1v) is 5.54. The Balaban J connectivity index is 2.20. The third-order valence-electron chi connectivity index (χ3n) is 2.79. The molecule has 0 aliphatic carbocycles. The molecule has 0 aromatic heterocycles. The van der Waals surface area contributed by atoms with Crippen molar-refractivity contribution in [2.75, 3.05) is 27.3 Å². The molecule has 0 saturated carbocycles. The molecule has 16 heavy (non-hydrogen) atoms. The molecule has 0 spiro atoms. The van der Waals surface area contributed by atoms with Gasteiger partial charge in [-0.05, 0) is 37.2 Å². The minimum absolute atomic E-state index is 0.216. The second-order valence-corrected chi connectivity index (χ2v) is 3.81. The molecule has 1 aromatic rings. The van der Waals surface area contributed by atoms with Crippen LogP contribution in [-0.4, -0.2) is 27.3 Å². The van der Waals surface area contributed by atoms with Crippen LogP contribution in [0.15, 0.2) is 18.2 Å². The van der Waals surface area contributed by atoms with Crippen molar-refractivity contribution in [2.24, 2.45) is 0 Å². The number of benzene rings is 1. The lowest BCUT2D eigenvalue weighted by Gasteiger charge is -2.26. The first-order chi connectivity index (χ1) is 7.85. The Morgan fingerprint density at radius 1 is 1.06 bits per heavy atom. The third-order valence-corrected chi connectivity index (χ3v) is 2.79. The lowest BCUT2D eigenvalue weighted by molar-refractivity contribution is 0.349. The summed E-state index contributed by atoms with van der Waals surface area (Å²) in [6, 6.07) is 6.00. The van der Waals surface area contributed by atoms with Crippen LogP contribution in [-0.2, 0) is 0 Å². The first-order valence-electron chi connectivity index (χ1n) is 5.54. The highest BCUT2D eigenvalue weighted by Crippen LogP contribution is 2.29. The van der Waals surface area contributed by atoms with Crippen LogP contribution in [0.5, 0.6) is 11.5 Å². The fourth-order valence-electron chi connectivity index (χ4n) is 1.92. The van der Waals surface area contributed by atoms with E-state index >= 15 is 0 Å². The van der Waals surface area contributed by atoms with Crippen LogP contribution in [0.2, 0.25) is 0 Å². The Kier molecular flexibility index (Phi) is 3.64. The van der Waals surface area contributed by atoms with E-state index < -0.39 is 0 Å². The summed E-state index contributed by atoms with van der Waals surface area (Å²) in [5.74, 6) is 1.54. The second-order valence-electron chi connectivity index (χ2n) is 3.81. The highest BCUT2D eigenvalue weighted by molar-refractivity contribution is 5.43. The summed E-state index contributed by atoms with van der Waals surface area (Å²) in [7, 11) is 3.30. The van der Waals surface area contributed by atoms with Crippen molar-refractivity contribution in [3.05, 3.63) is 23.8 Å². The Labute approximate surface area is 95.9 Å². The van der Waals surface area contributed by atoms with Gasteiger partial charge in [0.05, 0.1) is 20.4 Å². The normalized spacial score (nSPS) is 17.1. The van der Waals surface area contributed by atoms with E-state index in [0.29, 0.717) is 0 Å². The molecule has 0 amide bonds. The van der Waals surface area contributed by atoms with Crippen molar-refractivity contribution in [2.45, 2.75) is 12.6 Å². The van der Waals surface area contributed by atoms with Crippen molar-refractivity contribution in [1.29, 1.82) is 0 Å². The molecular formula is C12H18N2O2. The molecule has 1 aliphatic heterocycles. The molecule has 1 fully saturated rings. The van der Waals surface area contributed by atoms with Crippen LogP contribution < -0.4 is 20.1 Å². The molecule has 0 atom stereocenters. The standard InChI is InChI=1S/C12H18N2O2/c1-15-10-5-4-9(8-11(10)16-2)12-13-6-3-7-14-12/h4-5,8,12-14H,3,6-7H2,1-2H3. The zero-order chi connectivity index (χ0) is 11.4. The van der Waals surface area contributed by atoms with E-state index in [-0.39, 0.29) is 6.17 Å². The molecule has 1 saturated heterocycles. The molecule has 0 unspecified atom stereocenters. The van der Waals surface area contributed by atoms with Crippen LogP contribution in [0, 0.1) is 0 Å². The lowest BCUT2D eigenvalue weighted by atomic mass is 10.1. The average molecular weight is 222 g/mol. The highest BCUT2D eigenvalue weighted by Gasteiger charge is 2.15. The number of hydrogen-bond acceptors (Lipinski definition) is 4. The van der Waals surface area contributed by atoms with E-state index in [0.717, 1.165) is 24.6 Å². The van der Waals surface area contributed by atoms with E-state index in [4.69, 9.17) is 9.47 Å². The molecule has 0 bridgehead atoms. The minimum atomic E-state index is 0.216. The third kappa shape index (κ3) is 2.28. The maximum atomic E-state index is 5.29. The van der Waals surface area contributed by atoms with Gasteiger partial charge in [-0.25, -0.2) is 0 Å². The number of nitrogens with one attached hydrogen (secondary N) is 2. The van der Waals surface area contributed by atoms with Crippen LogP contribution >= 0.6 is 0 Å². The summed E-state index contributed by atoms with van der Waals surface area (Å²) in [6.07, 6.45) is 1.39. The predicted octanol–water partition coefficient (Wildman–Crippen LogP) is 1.29. The van der Waals surface area contributed by atoms with Gasteiger partial charge in [0.15, 0.2) is 11.5 Å². The van der Waals surface area contributed by atoms with Gasteiger partial charge in [0.1, 0.15) is 0 Å². The summed E-state index contributed by atoms with van der Waals surface area (Å²) < 4.78 is 10.5. The minimum Gasteiger partial charge on any atom is -0.493 e. The summed E-state index contributed by atoms with van der Waals surface area (Å²) in [5, 5.41) is 6.83. The topological polar surface area (TPSA) is 42.5 Å². The fraction of sp³-hybridized carbons (Fsp3) is 0.500. The van der Waals surface area contributed by atoms with Crippen LogP contribution in [0.25, 0.3) is 0 Å². The monoisotopic (exact) mass is 222 g/mol. The van der Waals surface area contributed by atoms with Gasteiger partial charge in [-0.1, -0.05) is 6.07 Å². The molecule has 88 valence electrons. The Morgan fingerprint density at radius 3 is 2.38 bits per heavy atom. The highest BCUT2D eigenvalue weighted by atomic mass is 16.5. The average Bonchev–Trinajstić information content (AvgIpc) is 2.39. The second kappa shape index (κ2) is 5.18. The van der Waals surface area contributed by atoms with Crippen molar-refractivity contribution in [3.63, 3.8) is 0 Å². The van der Waals surface area contributed by atoms with Crippen molar-refractivity contribution in [1.82, 2.24) is 10.6 Å². The number of rotatable bonds is 3. The summed E-state index contributed by atoms with van der Waals surface area (Å²) in [5.41, 5.74) is 1.18. The fourth-order valence-corrected chi connectivity index (χ4v) is 1.92. The van der Waals surface area contributed by atoms with E-state index in [1.54, 1.807) is 14.2 Å². The summed E-state index contributed by atoms with van der Waals surface area (Å²) >= 11 is 0. The maximum absolute atomic E-state index is 5.29. The van der Waals surface area contributed by atoms with Gasteiger partial charge < -0.3 is 9.47 Å². The van der Waals surface area contributed by atoms with E-state index in [9.17, 15) is 0 Å².